The summed E-state index contributed by atoms with van der Waals surface area (Å²) in [5, 5.41) is 6.98. The maximum atomic E-state index is 11.7. The van der Waals surface area contributed by atoms with Crippen LogP contribution >= 0.6 is 24.0 Å². The maximum absolute atomic E-state index is 11.7. The first-order chi connectivity index (χ1) is 10.1. The molecule has 0 aliphatic carbocycles. The number of carbonyl (C=O) groups excluding carboxylic acids is 1. The van der Waals surface area contributed by atoms with Crippen molar-refractivity contribution in [1.82, 2.24) is 10.6 Å². The van der Waals surface area contributed by atoms with Crippen LogP contribution in [-0.2, 0) is 4.79 Å². The molecule has 1 unspecified atom stereocenters. The Morgan fingerprint density at radius 1 is 1.50 bits per heavy atom. The molecule has 4 nitrogen and oxygen atoms in total. The van der Waals surface area contributed by atoms with Gasteiger partial charge in [-0.25, -0.2) is 0 Å². The molecule has 1 amide bonds. The fourth-order valence-corrected chi connectivity index (χ4v) is 2.71. The van der Waals surface area contributed by atoms with Crippen LogP contribution in [0.25, 0.3) is 0 Å². The number of carbonyl (C=O) groups is 1. The highest BCUT2D eigenvalue weighted by atomic mass is 35.5. The van der Waals surface area contributed by atoms with E-state index < -0.39 is 0 Å². The van der Waals surface area contributed by atoms with Gasteiger partial charge in [-0.1, -0.05) is 11.6 Å². The van der Waals surface area contributed by atoms with Gasteiger partial charge in [0.25, 0.3) is 0 Å². The minimum Gasteiger partial charge on any atom is -0.493 e. The lowest BCUT2D eigenvalue weighted by atomic mass is 10.1. The van der Waals surface area contributed by atoms with Gasteiger partial charge in [-0.3, -0.25) is 4.79 Å². The largest absolute Gasteiger partial charge is 0.493 e. The number of nitrogens with one attached hydrogen (secondary N) is 2. The highest BCUT2D eigenvalue weighted by Crippen LogP contribution is 2.21. The quantitative estimate of drug-likeness (QED) is 0.746. The van der Waals surface area contributed by atoms with Crippen molar-refractivity contribution in [1.29, 1.82) is 0 Å². The average Bonchev–Trinajstić information content (AvgIpc) is 2.93. The third-order valence-corrected chi connectivity index (χ3v) is 3.87. The van der Waals surface area contributed by atoms with Crippen molar-refractivity contribution in [3.05, 3.63) is 28.8 Å². The fourth-order valence-electron chi connectivity index (χ4n) is 2.48. The minimum atomic E-state index is 0. The first-order valence-corrected chi connectivity index (χ1v) is 7.92. The van der Waals surface area contributed by atoms with E-state index in [1.165, 1.54) is 6.42 Å². The number of aryl methyl sites for hydroxylation is 1. The van der Waals surface area contributed by atoms with Crippen LogP contribution in [0.5, 0.6) is 5.75 Å². The molecule has 1 saturated heterocycles. The second-order valence-electron chi connectivity index (χ2n) is 5.46. The third-order valence-electron chi connectivity index (χ3n) is 3.63. The van der Waals surface area contributed by atoms with E-state index >= 15 is 0 Å². The molecule has 1 fully saturated rings. The molecular weight excluding hydrogens is 323 g/mol. The molecule has 0 aromatic heterocycles. The normalized spacial score (nSPS) is 16.9. The van der Waals surface area contributed by atoms with Gasteiger partial charge < -0.3 is 15.4 Å². The van der Waals surface area contributed by atoms with Crippen LogP contribution in [0, 0.1) is 6.92 Å². The topological polar surface area (TPSA) is 50.4 Å². The van der Waals surface area contributed by atoms with Crippen molar-refractivity contribution in [2.45, 2.75) is 38.6 Å². The molecular formula is C16H24Cl2N2O2. The number of halogens is 2. The molecule has 2 rings (SSSR count). The standard InChI is InChI=1S/C16H23ClN2O2.ClH/c1-12-10-13(17)5-6-15(12)21-9-3-8-19-16(20)11-14-4-2-7-18-14;/h5-6,10,14,18H,2-4,7-9,11H2,1H3,(H,19,20);1H. The molecule has 1 heterocycles. The van der Waals surface area contributed by atoms with Crippen LogP contribution in [0.2, 0.25) is 5.02 Å². The predicted molar refractivity (Wildman–Crippen MR) is 92.2 cm³/mol. The van der Waals surface area contributed by atoms with Crippen LogP contribution in [0.3, 0.4) is 0 Å². The van der Waals surface area contributed by atoms with Gasteiger partial charge in [0.05, 0.1) is 6.61 Å². The van der Waals surface area contributed by atoms with Gasteiger partial charge in [-0.15, -0.1) is 12.4 Å². The van der Waals surface area contributed by atoms with Gasteiger partial charge in [0.15, 0.2) is 0 Å². The molecule has 124 valence electrons. The Labute approximate surface area is 143 Å². The Hall–Kier alpha value is -0.970. The van der Waals surface area contributed by atoms with Gasteiger partial charge >= 0.3 is 0 Å². The number of hydrogen-bond acceptors (Lipinski definition) is 3. The lowest BCUT2D eigenvalue weighted by Gasteiger charge is -2.11. The van der Waals surface area contributed by atoms with Crippen molar-refractivity contribution in [2.24, 2.45) is 0 Å². The van der Waals surface area contributed by atoms with Gasteiger partial charge in [0.1, 0.15) is 5.75 Å². The third kappa shape index (κ3) is 6.42. The lowest BCUT2D eigenvalue weighted by Crippen LogP contribution is -2.32. The zero-order valence-electron chi connectivity index (χ0n) is 12.9. The molecule has 1 aliphatic heterocycles. The smallest absolute Gasteiger partial charge is 0.221 e. The number of benzene rings is 1. The summed E-state index contributed by atoms with van der Waals surface area (Å²) in [4.78, 5) is 11.7. The van der Waals surface area contributed by atoms with Gasteiger partial charge in [0, 0.05) is 24.0 Å². The van der Waals surface area contributed by atoms with Crippen molar-refractivity contribution < 1.29 is 9.53 Å². The Morgan fingerprint density at radius 3 is 3.00 bits per heavy atom. The second kappa shape index (κ2) is 9.93. The van der Waals surface area contributed by atoms with Crippen molar-refractivity contribution in [3.63, 3.8) is 0 Å². The molecule has 1 atom stereocenters. The van der Waals surface area contributed by atoms with E-state index in [1.807, 2.05) is 25.1 Å². The van der Waals surface area contributed by atoms with Crippen molar-refractivity contribution >= 4 is 29.9 Å². The molecule has 1 aromatic carbocycles. The van der Waals surface area contributed by atoms with E-state index in [0.717, 1.165) is 30.7 Å². The van der Waals surface area contributed by atoms with Crippen molar-refractivity contribution in [3.8, 4) is 5.75 Å². The molecule has 1 aliphatic rings. The molecule has 0 spiro atoms. The van der Waals surface area contributed by atoms with Crippen LogP contribution in [0.15, 0.2) is 18.2 Å². The van der Waals surface area contributed by atoms with Gasteiger partial charge in [-0.2, -0.15) is 0 Å². The van der Waals surface area contributed by atoms with E-state index in [4.69, 9.17) is 16.3 Å². The summed E-state index contributed by atoms with van der Waals surface area (Å²) >= 11 is 5.90. The van der Waals surface area contributed by atoms with Crippen LogP contribution in [0.1, 0.15) is 31.2 Å². The fraction of sp³-hybridized carbons (Fsp3) is 0.562. The molecule has 22 heavy (non-hydrogen) atoms. The van der Waals surface area contributed by atoms with Crippen molar-refractivity contribution in [2.75, 3.05) is 19.7 Å². The second-order valence-corrected chi connectivity index (χ2v) is 5.90. The minimum absolute atomic E-state index is 0. The number of amides is 1. The number of hydrogen-bond donors (Lipinski definition) is 2. The maximum Gasteiger partial charge on any atom is 0.221 e. The number of rotatable bonds is 7. The van der Waals surface area contributed by atoms with Crippen LogP contribution in [0.4, 0.5) is 0 Å². The van der Waals surface area contributed by atoms with Crippen LogP contribution in [-0.4, -0.2) is 31.6 Å². The van der Waals surface area contributed by atoms with E-state index in [0.29, 0.717) is 30.6 Å². The Balaban J connectivity index is 0.00000242. The van der Waals surface area contributed by atoms with E-state index in [9.17, 15) is 4.79 Å². The summed E-state index contributed by atoms with van der Waals surface area (Å²) in [6.07, 6.45) is 3.65. The van der Waals surface area contributed by atoms with Crippen LogP contribution < -0.4 is 15.4 Å². The SMILES string of the molecule is Cc1cc(Cl)ccc1OCCCNC(=O)CC1CCCN1.Cl. The summed E-state index contributed by atoms with van der Waals surface area (Å²) in [6.45, 7) is 4.24. The van der Waals surface area contributed by atoms with E-state index in [2.05, 4.69) is 10.6 Å². The van der Waals surface area contributed by atoms with E-state index in [-0.39, 0.29) is 18.3 Å². The molecule has 2 N–H and O–H groups in total. The number of ether oxygens (including phenoxy) is 1. The zero-order chi connectivity index (χ0) is 15.1. The van der Waals surface area contributed by atoms with Gasteiger partial charge in [0.2, 0.25) is 5.91 Å². The monoisotopic (exact) mass is 346 g/mol. The molecule has 1 aromatic rings. The highest BCUT2D eigenvalue weighted by Gasteiger charge is 2.16. The molecule has 0 radical (unpaired) electrons. The Morgan fingerprint density at radius 2 is 2.32 bits per heavy atom. The summed E-state index contributed by atoms with van der Waals surface area (Å²) in [5.41, 5.74) is 1.03. The summed E-state index contributed by atoms with van der Waals surface area (Å²) in [7, 11) is 0. The average molecular weight is 347 g/mol. The predicted octanol–water partition coefficient (Wildman–Crippen LogP) is 3.10. The first kappa shape index (κ1) is 19.1. The Kier molecular flexibility index (Phi) is 8.61. The molecule has 6 heteroatoms. The Bertz CT molecular complexity index is 477. The zero-order valence-corrected chi connectivity index (χ0v) is 14.4. The van der Waals surface area contributed by atoms with E-state index in [1.54, 1.807) is 0 Å². The van der Waals surface area contributed by atoms with Gasteiger partial charge in [-0.05, 0) is 56.5 Å². The summed E-state index contributed by atoms with van der Waals surface area (Å²) in [5.74, 6) is 0.970. The summed E-state index contributed by atoms with van der Waals surface area (Å²) in [6, 6.07) is 5.94. The molecule has 0 saturated carbocycles. The lowest BCUT2D eigenvalue weighted by molar-refractivity contribution is -0.121. The molecule has 0 bridgehead atoms. The first-order valence-electron chi connectivity index (χ1n) is 7.54. The summed E-state index contributed by atoms with van der Waals surface area (Å²) < 4.78 is 5.68. The highest BCUT2D eigenvalue weighted by molar-refractivity contribution is 6.30.